The highest BCUT2D eigenvalue weighted by Gasteiger charge is 2.33. The summed E-state index contributed by atoms with van der Waals surface area (Å²) in [5, 5.41) is 0. The van der Waals surface area contributed by atoms with Crippen LogP contribution in [0.15, 0.2) is 22.7 Å². The molecule has 2 bridgehead atoms. The highest BCUT2D eigenvalue weighted by atomic mass is 79.9. The van der Waals surface area contributed by atoms with Gasteiger partial charge in [0.25, 0.3) is 0 Å². The van der Waals surface area contributed by atoms with Crippen LogP contribution in [0.25, 0.3) is 0 Å². The zero-order valence-electron chi connectivity index (χ0n) is 9.53. The summed E-state index contributed by atoms with van der Waals surface area (Å²) in [7, 11) is 0. The summed E-state index contributed by atoms with van der Waals surface area (Å²) in [6.45, 7) is 2.87. The van der Waals surface area contributed by atoms with Gasteiger partial charge in [0.2, 0.25) is 0 Å². The van der Waals surface area contributed by atoms with Crippen molar-refractivity contribution in [3.63, 3.8) is 0 Å². The second kappa shape index (κ2) is 4.67. The number of hydrogen-bond acceptors (Lipinski definition) is 2. The van der Waals surface area contributed by atoms with Crippen molar-refractivity contribution in [1.29, 1.82) is 0 Å². The lowest BCUT2D eigenvalue weighted by Gasteiger charge is -2.32. The molecule has 2 fully saturated rings. The number of likely N-dealkylation sites (tertiary alicyclic amines) is 1. The molecule has 4 heteroatoms. The van der Waals surface area contributed by atoms with Gasteiger partial charge in [-0.1, -0.05) is 22.0 Å². The summed E-state index contributed by atoms with van der Waals surface area (Å²) in [5.74, 6) is -0.192. The summed E-state index contributed by atoms with van der Waals surface area (Å²) in [6, 6.07) is 4.91. The van der Waals surface area contributed by atoms with Crippen LogP contribution in [-0.4, -0.2) is 30.2 Å². The lowest BCUT2D eigenvalue weighted by Crippen LogP contribution is -2.42. The van der Waals surface area contributed by atoms with Crippen molar-refractivity contribution in [3.05, 3.63) is 34.1 Å². The van der Waals surface area contributed by atoms with Crippen molar-refractivity contribution < 1.29 is 9.13 Å². The molecule has 3 rings (SSSR count). The fourth-order valence-corrected chi connectivity index (χ4v) is 3.20. The molecule has 2 heterocycles. The molecular weight excluding hydrogens is 285 g/mol. The molecule has 2 atom stereocenters. The van der Waals surface area contributed by atoms with E-state index in [4.69, 9.17) is 4.74 Å². The summed E-state index contributed by atoms with van der Waals surface area (Å²) < 4.78 is 19.7. The first-order valence-corrected chi connectivity index (χ1v) is 6.82. The Bertz CT molecular complexity index is 414. The largest absolute Gasteiger partial charge is 0.372 e. The molecule has 2 unspecified atom stereocenters. The SMILES string of the molecule is Fc1ccc(CN2CC3CCC(C2)O3)c(Br)c1. The average molecular weight is 300 g/mol. The van der Waals surface area contributed by atoms with Gasteiger partial charge in [0.1, 0.15) is 5.82 Å². The molecule has 0 N–H and O–H groups in total. The van der Waals surface area contributed by atoms with Gasteiger partial charge in [-0.2, -0.15) is 0 Å². The van der Waals surface area contributed by atoms with E-state index < -0.39 is 0 Å². The van der Waals surface area contributed by atoms with Gasteiger partial charge in [-0.3, -0.25) is 4.90 Å². The maximum Gasteiger partial charge on any atom is 0.124 e. The molecule has 0 radical (unpaired) electrons. The van der Waals surface area contributed by atoms with Crippen LogP contribution in [0.5, 0.6) is 0 Å². The molecule has 17 heavy (non-hydrogen) atoms. The lowest BCUT2D eigenvalue weighted by molar-refractivity contribution is -0.0411. The van der Waals surface area contributed by atoms with Crippen molar-refractivity contribution in [2.45, 2.75) is 31.6 Å². The Balaban J connectivity index is 1.70. The van der Waals surface area contributed by atoms with Crippen LogP contribution < -0.4 is 0 Å². The molecule has 92 valence electrons. The lowest BCUT2D eigenvalue weighted by atomic mass is 10.2. The number of halogens is 2. The number of rotatable bonds is 2. The molecule has 1 aromatic carbocycles. The van der Waals surface area contributed by atoms with E-state index >= 15 is 0 Å². The predicted molar refractivity (Wildman–Crippen MR) is 67.3 cm³/mol. The van der Waals surface area contributed by atoms with Gasteiger partial charge in [-0.25, -0.2) is 4.39 Å². The Hall–Kier alpha value is -0.450. The molecular formula is C13H15BrFNO. The van der Waals surface area contributed by atoms with Gasteiger partial charge in [-0.15, -0.1) is 0 Å². The predicted octanol–water partition coefficient (Wildman–Crippen LogP) is 2.95. The van der Waals surface area contributed by atoms with E-state index in [0.717, 1.165) is 29.7 Å². The highest BCUT2D eigenvalue weighted by Crippen LogP contribution is 2.28. The summed E-state index contributed by atoms with van der Waals surface area (Å²) in [6.07, 6.45) is 3.19. The molecule has 0 aliphatic carbocycles. The standard InChI is InChI=1S/C13H15BrFNO/c14-13-5-10(15)2-1-9(13)6-16-7-11-3-4-12(8-16)17-11/h1-2,5,11-12H,3-4,6-8H2. The number of hydrogen-bond donors (Lipinski definition) is 0. The summed E-state index contributed by atoms with van der Waals surface area (Å²) in [4.78, 5) is 2.41. The minimum Gasteiger partial charge on any atom is -0.372 e. The first kappa shape index (κ1) is 11.6. The molecule has 2 saturated heterocycles. The Morgan fingerprint density at radius 2 is 2.00 bits per heavy atom. The first-order chi connectivity index (χ1) is 8.20. The van der Waals surface area contributed by atoms with E-state index in [1.54, 1.807) is 0 Å². The third-order valence-corrected chi connectivity index (χ3v) is 4.27. The van der Waals surface area contributed by atoms with Gasteiger partial charge in [0.15, 0.2) is 0 Å². The van der Waals surface area contributed by atoms with Crippen LogP contribution >= 0.6 is 15.9 Å². The van der Waals surface area contributed by atoms with Gasteiger partial charge in [0, 0.05) is 24.1 Å². The van der Waals surface area contributed by atoms with Crippen LogP contribution in [0, 0.1) is 5.82 Å². The summed E-state index contributed by atoms with van der Waals surface area (Å²) in [5.41, 5.74) is 1.15. The molecule has 0 aromatic heterocycles. The van der Waals surface area contributed by atoms with Crippen LogP contribution in [0.4, 0.5) is 4.39 Å². The zero-order valence-corrected chi connectivity index (χ0v) is 11.1. The maximum atomic E-state index is 13.0. The molecule has 2 aliphatic heterocycles. The van der Waals surface area contributed by atoms with Crippen LogP contribution in [0.2, 0.25) is 0 Å². The zero-order chi connectivity index (χ0) is 11.8. The Morgan fingerprint density at radius 1 is 1.29 bits per heavy atom. The third kappa shape index (κ3) is 2.54. The van der Waals surface area contributed by atoms with E-state index in [0.29, 0.717) is 12.2 Å². The van der Waals surface area contributed by atoms with Gasteiger partial charge in [-0.05, 0) is 30.5 Å². The van der Waals surface area contributed by atoms with E-state index in [1.807, 2.05) is 6.07 Å². The molecule has 0 amide bonds. The second-order valence-corrected chi connectivity index (χ2v) is 5.74. The molecule has 2 aliphatic rings. The fourth-order valence-electron chi connectivity index (χ4n) is 2.72. The first-order valence-electron chi connectivity index (χ1n) is 6.02. The number of benzene rings is 1. The third-order valence-electron chi connectivity index (χ3n) is 3.53. The number of morpholine rings is 1. The molecule has 0 spiro atoms. The van der Waals surface area contributed by atoms with Crippen LogP contribution in [0.1, 0.15) is 18.4 Å². The maximum absolute atomic E-state index is 13.0. The molecule has 0 saturated carbocycles. The minimum absolute atomic E-state index is 0.192. The normalized spacial score (nSPS) is 28.6. The van der Waals surface area contributed by atoms with E-state index in [1.165, 1.54) is 25.0 Å². The number of fused-ring (bicyclic) bond motifs is 2. The number of ether oxygens (including phenoxy) is 1. The fraction of sp³-hybridized carbons (Fsp3) is 0.538. The monoisotopic (exact) mass is 299 g/mol. The Morgan fingerprint density at radius 3 is 2.65 bits per heavy atom. The topological polar surface area (TPSA) is 12.5 Å². The van der Waals surface area contributed by atoms with E-state index in [2.05, 4.69) is 20.8 Å². The van der Waals surface area contributed by atoms with Crippen molar-refractivity contribution >= 4 is 15.9 Å². The van der Waals surface area contributed by atoms with Gasteiger partial charge in [0.05, 0.1) is 12.2 Å². The molecule has 1 aromatic rings. The van der Waals surface area contributed by atoms with Crippen LogP contribution in [-0.2, 0) is 11.3 Å². The van der Waals surface area contributed by atoms with Gasteiger partial charge >= 0.3 is 0 Å². The Labute approximate surface area is 109 Å². The van der Waals surface area contributed by atoms with E-state index in [-0.39, 0.29) is 5.82 Å². The van der Waals surface area contributed by atoms with Crippen molar-refractivity contribution in [2.24, 2.45) is 0 Å². The number of nitrogens with zero attached hydrogens (tertiary/aromatic N) is 1. The van der Waals surface area contributed by atoms with Crippen LogP contribution in [0.3, 0.4) is 0 Å². The van der Waals surface area contributed by atoms with E-state index in [9.17, 15) is 4.39 Å². The second-order valence-electron chi connectivity index (χ2n) is 4.89. The van der Waals surface area contributed by atoms with Crippen molar-refractivity contribution in [2.75, 3.05) is 13.1 Å². The quantitative estimate of drug-likeness (QED) is 0.832. The summed E-state index contributed by atoms with van der Waals surface area (Å²) >= 11 is 3.42. The molecule has 2 nitrogen and oxygen atoms in total. The average Bonchev–Trinajstić information content (AvgIpc) is 2.62. The Kier molecular flexibility index (Phi) is 3.19. The highest BCUT2D eigenvalue weighted by molar-refractivity contribution is 9.10. The smallest absolute Gasteiger partial charge is 0.124 e. The van der Waals surface area contributed by atoms with Crippen molar-refractivity contribution in [3.8, 4) is 0 Å². The van der Waals surface area contributed by atoms with Crippen molar-refractivity contribution in [1.82, 2.24) is 4.90 Å². The minimum atomic E-state index is -0.192. The van der Waals surface area contributed by atoms with Gasteiger partial charge < -0.3 is 4.74 Å².